The van der Waals surface area contributed by atoms with E-state index in [9.17, 15) is 22.8 Å². The summed E-state index contributed by atoms with van der Waals surface area (Å²) in [7, 11) is 0. The fraction of sp³-hybridized carbons (Fsp3) is 0.176. The second kappa shape index (κ2) is 6.76. The summed E-state index contributed by atoms with van der Waals surface area (Å²) in [5.41, 5.74) is -0.202. The number of carbonyl (C=O) groups excluding carboxylic acids is 2. The molecule has 25 heavy (non-hydrogen) atoms. The third-order valence-corrected chi connectivity index (χ3v) is 4.20. The van der Waals surface area contributed by atoms with Crippen LogP contribution in [0.25, 0.3) is 0 Å². The van der Waals surface area contributed by atoms with E-state index in [1.165, 1.54) is 18.2 Å². The number of nitrogens with one attached hydrogen (secondary N) is 1. The molecule has 1 heterocycles. The Labute approximate surface area is 146 Å². The highest BCUT2D eigenvalue weighted by Crippen LogP contribution is 2.29. The summed E-state index contributed by atoms with van der Waals surface area (Å²) < 4.78 is 40.7. The molecule has 2 aromatic carbocycles. The molecule has 4 nitrogen and oxygen atoms in total. The quantitative estimate of drug-likeness (QED) is 0.897. The monoisotopic (exact) mass is 368 g/mol. The van der Waals surface area contributed by atoms with Gasteiger partial charge in [0.1, 0.15) is 11.6 Å². The second-order valence-corrected chi connectivity index (χ2v) is 6.00. The molecule has 0 aliphatic carbocycles. The van der Waals surface area contributed by atoms with E-state index in [-0.39, 0.29) is 29.4 Å². The van der Waals surface area contributed by atoms with Crippen LogP contribution < -0.4 is 10.2 Å². The summed E-state index contributed by atoms with van der Waals surface area (Å²) in [4.78, 5) is 25.5. The fourth-order valence-electron chi connectivity index (χ4n) is 2.65. The lowest BCUT2D eigenvalue weighted by Crippen LogP contribution is -2.29. The van der Waals surface area contributed by atoms with Crippen LogP contribution in [0.5, 0.6) is 0 Å². The van der Waals surface area contributed by atoms with Crippen LogP contribution in [-0.4, -0.2) is 18.4 Å². The summed E-state index contributed by atoms with van der Waals surface area (Å²) in [5, 5.41) is 2.24. The molecule has 0 aromatic heterocycles. The highest BCUT2D eigenvalue weighted by atomic mass is 35.5. The lowest BCUT2D eigenvalue weighted by Gasteiger charge is -2.17. The van der Waals surface area contributed by atoms with Crippen molar-refractivity contribution in [2.75, 3.05) is 16.8 Å². The molecular formula is C17H12ClF3N2O2. The van der Waals surface area contributed by atoms with Crippen molar-refractivity contribution in [1.82, 2.24) is 0 Å². The van der Waals surface area contributed by atoms with Gasteiger partial charge in [-0.1, -0.05) is 17.7 Å². The smallest absolute Gasteiger partial charge is 0.229 e. The first kappa shape index (κ1) is 17.3. The first-order chi connectivity index (χ1) is 11.9. The van der Waals surface area contributed by atoms with E-state index in [1.807, 2.05) is 0 Å². The number of halogens is 4. The van der Waals surface area contributed by atoms with Gasteiger partial charge < -0.3 is 10.2 Å². The average Bonchev–Trinajstić information content (AvgIpc) is 2.94. The van der Waals surface area contributed by atoms with Gasteiger partial charge in [-0.15, -0.1) is 0 Å². The van der Waals surface area contributed by atoms with Crippen molar-refractivity contribution in [2.45, 2.75) is 6.42 Å². The van der Waals surface area contributed by atoms with Crippen LogP contribution in [0, 0.1) is 23.4 Å². The number of carbonyl (C=O) groups is 2. The third-order valence-electron chi connectivity index (χ3n) is 3.91. The van der Waals surface area contributed by atoms with E-state index in [1.54, 1.807) is 0 Å². The van der Waals surface area contributed by atoms with Gasteiger partial charge in [0.2, 0.25) is 11.8 Å². The van der Waals surface area contributed by atoms with Crippen LogP contribution in [0.3, 0.4) is 0 Å². The Bertz CT molecular complexity index is 860. The first-order valence-corrected chi connectivity index (χ1v) is 7.75. The van der Waals surface area contributed by atoms with Crippen molar-refractivity contribution in [2.24, 2.45) is 5.92 Å². The van der Waals surface area contributed by atoms with Gasteiger partial charge in [-0.05, 0) is 24.3 Å². The summed E-state index contributed by atoms with van der Waals surface area (Å²) in [6.45, 7) is -0.0879. The molecule has 0 spiro atoms. The molecule has 1 saturated heterocycles. The van der Waals surface area contributed by atoms with E-state index in [2.05, 4.69) is 5.32 Å². The minimum atomic E-state index is -0.893. The Morgan fingerprint density at radius 1 is 1.20 bits per heavy atom. The largest absolute Gasteiger partial charge is 0.323 e. The summed E-state index contributed by atoms with van der Waals surface area (Å²) in [6, 6.07) is 6.98. The van der Waals surface area contributed by atoms with Crippen molar-refractivity contribution in [1.29, 1.82) is 0 Å². The second-order valence-electron chi connectivity index (χ2n) is 5.59. The number of hydrogen-bond acceptors (Lipinski definition) is 2. The SMILES string of the molecule is O=C(Nc1cccc(Cl)c1F)C1CC(=O)N(c2ccc(F)cc2F)C1. The normalized spacial score (nSPS) is 17.0. The number of anilines is 2. The number of amides is 2. The van der Waals surface area contributed by atoms with Crippen LogP contribution in [0.1, 0.15) is 6.42 Å². The van der Waals surface area contributed by atoms with Gasteiger partial charge in [-0.2, -0.15) is 0 Å². The van der Waals surface area contributed by atoms with E-state index in [0.717, 1.165) is 17.0 Å². The van der Waals surface area contributed by atoms with Crippen LogP contribution in [0.4, 0.5) is 24.5 Å². The molecule has 130 valence electrons. The van der Waals surface area contributed by atoms with Crippen molar-refractivity contribution < 1.29 is 22.8 Å². The van der Waals surface area contributed by atoms with Gasteiger partial charge in [-0.3, -0.25) is 9.59 Å². The van der Waals surface area contributed by atoms with Gasteiger partial charge in [0, 0.05) is 19.0 Å². The molecule has 1 atom stereocenters. The molecule has 8 heteroatoms. The Morgan fingerprint density at radius 2 is 1.96 bits per heavy atom. The molecule has 1 fully saturated rings. The maximum atomic E-state index is 13.8. The molecule has 3 rings (SSSR count). The van der Waals surface area contributed by atoms with E-state index >= 15 is 0 Å². The number of hydrogen-bond donors (Lipinski definition) is 1. The summed E-state index contributed by atoms with van der Waals surface area (Å²) in [6.07, 6.45) is -0.162. The summed E-state index contributed by atoms with van der Waals surface area (Å²) >= 11 is 5.65. The van der Waals surface area contributed by atoms with E-state index in [4.69, 9.17) is 11.6 Å². The molecule has 0 bridgehead atoms. The minimum absolute atomic E-state index is 0.0879. The Morgan fingerprint density at radius 3 is 2.68 bits per heavy atom. The lowest BCUT2D eigenvalue weighted by atomic mass is 10.1. The van der Waals surface area contributed by atoms with E-state index < -0.39 is 35.2 Å². The van der Waals surface area contributed by atoms with E-state index in [0.29, 0.717) is 6.07 Å². The molecule has 1 aliphatic rings. The highest BCUT2D eigenvalue weighted by molar-refractivity contribution is 6.31. The Kier molecular flexibility index (Phi) is 4.67. The number of benzene rings is 2. The van der Waals surface area contributed by atoms with Gasteiger partial charge in [0.05, 0.1) is 22.3 Å². The molecule has 2 aromatic rings. The molecule has 0 radical (unpaired) electrons. The zero-order valence-corrected chi connectivity index (χ0v) is 13.5. The zero-order valence-electron chi connectivity index (χ0n) is 12.7. The van der Waals surface area contributed by atoms with Gasteiger partial charge in [0.15, 0.2) is 5.82 Å². The van der Waals surface area contributed by atoms with Crippen LogP contribution in [-0.2, 0) is 9.59 Å². The number of rotatable bonds is 3. The standard InChI is InChI=1S/C17H12ClF3N2O2/c18-11-2-1-3-13(16(11)21)22-17(25)9-6-15(24)23(8-9)14-5-4-10(19)7-12(14)20/h1-5,7,9H,6,8H2,(H,22,25). The first-order valence-electron chi connectivity index (χ1n) is 7.37. The van der Waals surface area contributed by atoms with Crippen molar-refractivity contribution in [3.63, 3.8) is 0 Å². The van der Waals surface area contributed by atoms with Gasteiger partial charge in [-0.25, -0.2) is 13.2 Å². The summed E-state index contributed by atoms with van der Waals surface area (Å²) in [5.74, 6) is -4.29. The molecule has 2 amide bonds. The predicted octanol–water partition coefficient (Wildman–Crippen LogP) is 3.75. The highest BCUT2D eigenvalue weighted by Gasteiger charge is 2.36. The molecular weight excluding hydrogens is 357 g/mol. The predicted molar refractivity (Wildman–Crippen MR) is 86.9 cm³/mol. The molecule has 1 aliphatic heterocycles. The lowest BCUT2D eigenvalue weighted by molar-refractivity contribution is -0.122. The number of nitrogens with zero attached hydrogens (tertiary/aromatic N) is 1. The Balaban J connectivity index is 1.75. The van der Waals surface area contributed by atoms with Crippen molar-refractivity contribution in [3.8, 4) is 0 Å². The van der Waals surface area contributed by atoms with Crippen LogP contribution in [0.15, 0.2) is 36.4 Å². The van der Waals surface area contributed by atoms with Gasteiger partial charge >= 0.3 is 0 Å². The third kappa shape index (κ3) is 3.46. The fourth-order valence-corrected chi connectivity index (χ4v) is 2.83. The molecule has 1 N–H and O–H groups in total. The Hall–Kier alpha value is -2.54. The average molecular weight is 369 g/mol. The maximum Gasteiger partial charge on any atom is 0.229 e. The zero-order chi connectivity index (χ0) is 18.1. The van der Waals surface area contributed by atoms with Crippen molar-refractivity contribution >= 4 is 34.8 Å². The minimum Gasteiger partial charge on any atom is -0.323 e. The topological polar surface area (TPSA) is 49.4 Å². The molecule has 1 unspecified atom stereocenters. The van der Waals surface area contributed by atoms with Crippen molar-refractivity contribution in [3.05, 3.63) is 58.9 Å². The van der Waals surface area contributed by atoms with Gasteiger partial charge in [0.25, 0.3) is 0 Å². The molecule has 0 saturated carbocycles. The maximum absolute atomic E-state index is 13.8. The van der Waals surface area contributed by atoms with Crippen LogP contribution >= 0.6 is 11.6 Å². The van der Waals surface area contributed by atoms with Crippen LogP contribution in [0.2, 0.25) is 5.02 Å².